The van der Waals surface area contributed by atoms with Gasteiger partial charge in [-0.1, -0.05) is 30.3 Å². The molecule has 1 aliphatic rings. The summed E-state index contributed by atoms with van der Waals surface area (Å²) in [7, 11) is 0. The van der Waals surface area contributed by atoms with Gasteiger partial charge in [-0.3, -0.25) is 9.59 Å². The Morgan fingerprint density at radius 2 is 1.93 bits per heavy atom. The molecule has 3 N–H and O–H groups in total. The van der Waals surface area contributed by atoms with Crippen LogP contribution in [-0.2, 0) is 9.59 Å². The van der Waals surface area contributed by atoms with Crippen molar-refractivity contribution in [2.75, 3.05) is 18.0 Å². The number of rotatable bonds is 6. The summed E-state index contributed by atoms with van der Waals surface area (Å²) in [6, 6.07) is 16.7. The van der Waals surface area contributed by atoms with E-state index in [1.54, 1.807) is 29.2 Å². The fourth-order valence-corrected chi connectivity index (χ4v) is 4.22. The summed E-state index contributed by atoms with van der Waals surface area (Å²) in [5, 5.41) is 4.95. The van der Waals surface area contributed by atoms with Crippen molar-refractivity contribution in [1.29, 1.82) is 0 Å². The first kappa shape index (κ1) is 19.9. The van der Waals surface area contributed by atoms with Crippen LogP contribution in [0.4, 0.5) is 10.1 Å². The maximum Gasteiger partial charge on any atom is 0.260 e. The molecule has 3 aromatic rings. The van der Waals surface area contributed by atoms with Gasteiger partial charge in [-0.25, -0.2) is 4.39 Å². The van der Waals surface area contributed by atoms with Crippen LogP contribution < -0.4 is 20.7 Å². The van der Waals surface area contributed by atoms with E-state index in [0.29, 0.717) is 5.75 Å². The van der Waals surface area contributed by atoms with E-state index < -0.39 is 18.1 Å². The minimum Gasteiger partial charge on any atom is -0.477 e. The lowest BCUT2D eigenvalue weighted by Gasteiger charge is -2.34. The lowest BCUT2D eigenvalue weighted by molar-refractivity contribution is -0.125. The molecule has 0 saturated carbocycles. The van der Waals surface area contributed by atoms with Gasteiger partial charge < -0.3 is 20.7 Å². The van der Waals surface area contributed by atoms with Gasteiger partial charge in [0.25, 0.3) is 5.91 Å². The number of para-hydroxylation sites is 2. The van der Waals surface area contributed by atoms with Gasteiger partial charge in [-0.2, -0.15) is 0 Å². The van der Waals surface area contributed by atoms with Crippen molar-refractivity contribution >= 4 is 28.8 Å². The minimum atomic E-state index is -0.835. The third-order valence-electron chi connectivity index (χ3n) is 4.85. The third-order valence-corrected chi connectivity index (χ3v) is 5.79. The van der Waals surface area contributed by atoms with Crippen LogP contribution >= 0.6 is 11.3 Å². The number of carbonyl (C=O) groups is 2. The van der Waals surface area contributed by atoms with E-state index in [9.17, 15) is 14.0 Å². The monoisotopic (exact) mass is 425 g/mol. The predicted molar refractivity (Wildman–Crippen MR) is 113 cm³/mol. The fourth-order valence-electron chi connectivity index (χ4n) is 3.41. The lowest BCUT2D eigenvalue weighted by Crippen LogP contribution is -2.50. The molecular weight excluding hydrogens is 405 g/mol. The summed E-state index contributed by atoms with van der Waals surface area (Å²) in [6.45, 7) is 0.202. The van der Waals surface area contributed by atoms with Crippen LogP contribution in [0.5, 0.6) is 5.75 Å². The van der Waals surface area contributed by atoms with Crippen molar-refractivity contribution in [3.63, 3.8) is 0 Å². The molecular formula is C22H20FN3O3S. The molecule has 30 heavy (non-hydrogen) atoms. The molecule has 1 aromatic heterocycles. The molecule has 154 valence electrons. The first-order valence-electron chi connectivity index (χ1n) is 9.39. The number of thiophene rings is 1. The number of nitrogens with two attached hydrogens (primary N) is 1. The normalized spacial score (nSPS) is 16.3. The van der Waals surface area contributed by atoms with Gasteiger partial charge >= 0.3 is 0 Å². The van der Waals surface area contributed by atoms with Crippen LogP contribution in [-0.4, -0.2) is 31.0 Å². The second kappa shape index (κ2) is 8.54. The highest BCUT2D eigenvalue weighted by Gasteiger charge is 2.30. The largest absolute Gasteiger partial charge is 0.477 e. The van der Waals surface area contributed by atoms with Gasteiger partial charge in [-0.15, -0.1) is 11.3 Å². The van der Waals surface area contributed by atoms with Crippen LogP contribution in [0.3, 0.4) is 0 Å². The molecule has 2 amide bonds. The number of halogens is 1. The van der Waals surface area contributed by atoms with Gasteiger partial charge in [-0.05, 0) is 41.3 Å². The summed E-state index contributed by atoms with van der Waals surface area (Å²) in [4.78, 5) is 27.4. The first-order valence-corrected chi connectivity index (χ1v) is 10.3. The Morgan fingerprint density at radius 1 is 1.17 bits per heavy atom. The summed E-state index contributed by atoms with van der Waals surface area (Å²) in [5.41, 5.74) is 6.93. The van der Waals surface area contributed by atoms with Gasteiger partial charge in [0, 0.05) is 4.88 Å². The highest BCUT2D eigenvalue weighted by atomic mass is 32.1. The zero-order valence-electron chi connectivity index (χ0n) is 16.0. The van der Waals surface area contributed by atoms with E-state index in [-0.39, 0.29) is 24.8 Å². The van der Waals surface area contributed by atoms with Crippen molar-refractivity contribution < 1.29 is 18.7 Å². The smallest absolute Gasteiger partial charge is 0.260 e. The molecule has 0 radical (unpaired) electrons. The predicted octanol–water partition coefficient (Wildman–Crippen LogP) is 2.85. The molecule has 6 nitrogen and oxygen atoms in total. The van der Waals surface area contributed by atoms with Crippen molar-refractivity contribution in [1.82, 2.24) is 5.32 Å². The molecule has 1 aliphatic heterocycles. The Morgan fingerprint density at radius 3 is 2.63 bits per heavy atom. The summed E-state index contributed by atoms with van der Waals surface area (Å²) in [6.07, 6.45) is -0.835. The van der Waals surface area contributed by atoms with E-state index in [4.69, 9.17) is 10.5 Å². The molecule has 0 aliphatic carbocycles. The lowest BCUT2D eigenvalue weighted by atomic mass is 10.1. The number of hydrogen-bond donors (Lipinski definition) is 2. The molecule has 2 atom stereocenters. The number of nitrogens with one attached hydrogen (secondary N) is 1. The Hall–Kier alpha value is -3.39. The van der Waals surface area contributed by atoms with Gasteiger partial charge in [0.05, 0.1) is 24.8 Å². The fraction of sp³-hybridized carbons (Fsp3) is 0.182. The maximum atomic E-state index is 13.4. The Bertz CT molecular complexity index is 1040. The van der Waals surface area contributed by atoms with E-state index in [1.165, 1.54) is 23.5 Å². The number of hydrogen-bond acceptors (Lipinski definition) is 5. The average Bonchev–Trinajstić information content (AvgIpc) is 3.27. The zero-order valence-corrected chi connectivity index (χ0v) is 16.8. The van der Waals surface area contributed by atoms with Crippen LogP contribution in [0, 0.1) is 5.82 Å². The summed E-state index contributed by atoms with van der Waals surface area (Å²) in [5.74, 6) is -0.651. The third kappa shape index (κ3) is 4.28. The standard InChI is InChI=1S/C22H20FN3O3S/c23-15-9-7-14(8-10-15)21(19-6-3-11-30-19)25-20(27)13-26-12-18(22(24)28)29-17-5-2-1-4-16(17)26/h1-11,18,21H,12-13H2,(H2,24,28)(H,25,27)/t18-,21+/m0/s1. The second-order valence-electron chi connectivity index (χ2n) is 6.92. The summed E-state index contributed by atoms with van der Waals surface area (Å²) < 4.78 is 19.0. The number of amides is 2. The zero-order chi connectivity index (χ0) is 21.1. The van der Waals surface area contributed by atoms with Crippen molar-refractivity contribution in [2.45, 2.75) is 12.1 Å². The topological polar surface area (TPSA) is 84.7 Å². The number of primary amides is 1. The molecule has 0 saturated heterocycles. The van der Waals surface area contributed by atoms with Crippen LogP contribution in [0.15, 0.2) is 66.0 Å². The number of ether oxygens (including phenoxy) is 1. The molecule has 8 heteroatoms. The van der Waals surface area contributed by atoms with Crippen LogP contribution in [0.25, 0.3) is 0 Å². The Labute approximate surface area is 177 Å². The Kier molecular flexibility index (Phi) is 5.67. The minimum absolute atomic E-state index is 0.0211. The van der Waals surface area contributed by atoms with Gasteiger partial charge in [0.2, 0.25) is 5.91 Å². The molecule has 2 aromatic carbocycles. The number of fused-ring (bicyclic) bond motifs is 1. The van der Waals surface area contributed by atoms with E-state index in [0.717, 1.165) is 16.1 Å². The van der Waals surface area contributed by atoms with E-state index >= 15 is 0 Å². The van der Waals surface area contributed by atoms with Crippen molar-refractivity contribution in [2.24, 2.45) is 5.73 Å². The Balaban J connectivity index is 1.55. The second-order valence-corrected chi connectivity index (χ2v) is 7.90. The van der Waals surface area contributed by atoms with E-state index in [2.05, 4.69) is 5.32 Å². The van der Waals surface area contributed by atoms with E-state index in [1.807, 2.05) is 29.6 Å². The van der Waals surface area contributed by atoms with Crippen LogP contribution in [0.1, 0.15) is 16.5 Å². The molecule has 2 heterocycles. The molecule has 4 rings (SSSR count). The number of anilines is 1. The molecule has 0 spiro atoms. The van der Waals surface area contributed by atoms with Crippen molar-refractivity contribution in [3.8, 4) is 5.75 Å². The van der Waals surface area contributed by atoms with Gasteiger partial charge in [0.15, 0.2) is 6.10 Å². The van der Waals surface area contributed by atoms with Crippen LogP contribution in [0.2, 0.25) is 0 Å². The first-order chi connectivity index (χ1) is 14.5. The quantitative estimate of drug-likeness (QED) is 0.636. The number of benzene rings is 2. The summed E-state index contributed by atoms with van der Waals surface area (Å²) >= 11 is 1.51. The molecule has 0 fully saturated rings. The van der Waals surface area contributed by atoms with Crippen molar-refractivity contribution in [3.05, 3.63) is 82.3 Å². The molecule has 0 bridgehead atoms. The number of carbonyl (C=O) groups excluding carboxylic acids is 2. The SMILES string of the molecule is NC(=O)[C@@H]1CN(CC(=O)N[C@H](c2ccc(F)cc2)c2cccs2)c2ccccc2O1. The highest BCUT2D eigenvalue weighted by molar-refractivity contribution is 7.10. The van der Waals surface area contributed by atoms with Gasteiger partial charge in [0.1, 0.15) is 11.6 Å². The molecule has 0 unspecified atom stereocenters. The average molecular weight is 425 g/mol. The highest BCUT2D eigenvalue weighted by Crippen LogP contribution is 2.33. The number of nitrogens with zero attached hydrogens (tertiary/aromatic N) is 1. The maximum absolute atomic E-state index is 13.4.